The maximum atomic E-state index is 13.0. The zero-order chi connectivity index (χ0) is 28.3. The molecule has 210 valence electrons. The minimum absolute atomic E-state index is 0.0338. The Bertz CT molecular complexity index is 1100. The first kappa shape index (κ1) is 29.1. The van der Waals surface area contributed by atoms with Crippen LogP contribution in [0, 0.1) is 0 Å². The van der Waals surface area contributed by atoms with Crippen LogP contribution in [0.4, 0.5) is 35.9 Å². The topological polar surface area (TPSA) is 96.7 Å². The summed E-state index contributed by atoms with van der Waals surface area (Å²) >= 11 is 0. The second-order valence-electron chi connectivity index (χ2n) is 9.18. The van der Waals surface area contributed by atoms with Crippen molar-refractivity contribution < 1.29 is 45.8 Å². The highest BCUT2D eigenvalue weighted by Gasteiger charge is 2.39. The zero-order valence-electron chi connectivity index (χ0n) is 20.6. The number of hydrogen-bond donors (Lipinski definition) is 2. The maximum absolute atomic E-state index is 13.0. The molecule has 1 aromatic heterocycles. The van der Waals surface area contributed by atoms with Gasteiger partial charge in [-0.3, -0.25) is 0 Å². The molecule has 38 heavy (non-hydrogen) atoms. The molecule has 1 aliphatic heterocycles. The number of nitrogens with zero attached hydrogens (tertiary/aromatic N) is 3. The monoisotopic (exact) mass is 550 g/mol. The number of piperidine rings is 1. The van der Waals surface area contributed by atoms with Gasteiger partial charge in [0.1, 0.15) is 5.82 Å². The average molecular weight is 551 g/mol. The van der Waals surface area contributed by atoms with E-state index in [0.717, 1.165) is 0 Å². The molecule has 3 unspecified atom stereocenters. The number of likely N-dealkylation sites (tertiary alicyclic amines) is 1. The number of hydrogen-bond acceptors (Lipinski definition) is 4. The molecule has 0 saturated carbocycles. The Balaban J connectivity index is 1.64. The highest BCUT2D eigenvalue weighted by Crippen LogP contribution is 2.36. The van der Waals surface area contributed by atoms with Crippen LogP contribution in [0.5, 0.6) is 0 Å². The molecule has 3 atom stereocenters. The van der Waals surface area contributed by atoms with Crippen LogP contribution >= 0.6 is 0 Å². The lowest BCUT2D eigenvalue weighted by molar-refractivity contribution is -0.143. The molecule has 2 heterocycles. The normalized spacial score (nSPS) is 20.3. The molecule has 2 amide bonds. The summed E-state index contributed by atoms with van der Waals surface area (Å²) < 4.78 is 85.1. The van der Waals surface area contributed by atoms with E-state index in [2.05, 4.69) is 10.3 Å². The number of aryl methyl sites for hydroxylation is 1. The predicted octanol–water partition coefficient (Wildman–Crippen LogP) is 5.26. The summed E-state index contributed by atoms with van der Waals surface area (Å²) in [6.45, 7) is 1.37. The number of aromatic nitrogens is 2. The third-order valence-corrected chi connectivity index (χ3v) is 6.52. The molecule has 0 spiro atoms. The average Bonchev–Trinajstić information content (AvgIpc) is 3.21. The summed E-state index contributed by atoms with van der Waals surface area (Å²) in [5.41, 5.74) is -3.17. The molecule has 1 saturated heterocycles. The van der Waals surface area contributed by atoms with Crippen LogP contribution in [0.15, 0.2) is 30.6 Å². The van der Waals surface area contributed by atoms with Gasteiger partial charge in [-0.2, -0.15) is 26.3 Å². The van der Waals surface area contributed by atoms with Crippen LogP contribution in [-0.4, -0.2) is 56.5 Å². The lowest BCUT2D eigenvalue weighted by Gasteiger charge is -2.43. The highest BCUT2D eigenvalue weighted by molar-refractivity contribution is 5.68. The molecule has 1 aromatic carbocycles. The van der Waals surface area contributed by atoms with E-state index in [9.17, 15) is 41.0 Å². The molecule has 0 bridgehead atoms. The maximum Gasteiger partial charge on any atom is 0.416 e. The number of alkyl carbamates (subject to hydrolysis) is 1. The van der Waals surface area contributed by atoms with Gasteiger partial charge in [0.15, 0.2) is 0 Å². The second-order valence-corrected chi connectivity index (χ2v) is 9.18. The highest BCUT2D eigenvalue weighted by atomic mass is 19.4. The van der Waals surface area contributed by atoms with Gasteiger partial charge in [0.25, 0.3) is 0 Å². The van der Waals surface area contributed by atoms with Gasteiger partial charge in [0.05, 0.1) is 17.7 Å². The van der Waals surface area contributed by atoms with Crippen molar-refractivity contribution in [2.75, 3.05) is 6.61 Å². The molecule has 1 fully saturated rings. The fourth-order valence-electron chi connectivity index (χ4n) is 4.69. The Morgan fingerprint density at radius 1 is 1.08 bits per heavy atom. The quantitative estimate of drug-likeness (QED) is 0.459. The van der Waals surface area contributed by atoms with E-state index >= 15 is 0 Å². The standard InChI is InChI=1S/C24H28F6N4O4/c1-3-18-11-17(12-19(34(18)22(36)37)13-20-31-5-6-33(20)2)32-21(35)38-7-4-14-8-15(23(25,26)27)10-16(9-14)24(28,29)30/h5-6,8-10,17-19H,3-4,7,11-13H2,1-2H3,(H,32,35)(H,36,37). The lowest BCUT2D eigenvalue weighted by atomic mass is 9.88. The van der Waals surface area contributed by atoms with Crippen molar-refractivity contribution in [3.8, 4) is 0 Å². The van der Waals surface area contributed by atoms with Crippen LogP contribution < -0.4 is 5.32 Å². The first-order chi connectivity index (χ1) is 17.7. The largest absolute Gasteiger partial charge is 0.465 e. The van der Waals surface area contributed by atoms with Crippen molar-refractivity contribution in [2.24, 2.45) is 7.05 Å². The molecule has 3 rings (SSSR count). The predicted molar refractivity (Wildman–Crippen MR) is 122 cm³/mol. The molecule has 0 radical (unpaired) electrons. The number of carboxylic acid groups (broad SMARTS) is 1. The minimum atomic E-state index is -4.97. The Labute approximate surface area is 214 Å². The fourth-order valence-corrected chi connectivity index (χ4v) is 4.69. The third kappa shape index (κ3) is 7.32. The van der Waals surface area contributed by atoms with Gasteiger partial charge in [-0.25, -0.2) is 14.6 Å². The van der Waals surface area contributed by atoms with Gasteiger partial charge in [0, 0.05) is 50.4 Å². The van der Waals surface area contributed by atoms with Crippen LogP contribution in [0.3, 0.4) is 0 Å². The molecule has 2 N–H and O–H groups in total. The third-order valence-electron chi connectivity index (χ3n) is 6.52. The molecule has 1 aliphatic rings. The summed E-state index contributed by atoms with van der Waals surface area (Å²) in [4.78, 5) is 30.0. The van der Waals surface area contributed by atoms with Crippen LogP contribution in [0.1, 0.15) is 48.7 Å². The Morgan fingerprint density at radius 3 is 2.18 bits per heavy atom. The summed E-state index contributed by atoms with van der Waals surface area (Å²) in [6.07, 6.45) is -7.57. The van der Waals surface area contributed by atoms with Crippen LogP contribution in [0.25, 0.3) is 0 Å². The fraction of sp³-hybridized carbons (Fsp3) is 0.542. The number of amides is 2. The summed E-state index contributed by atoms with van der Waals surface area (Å²) in [5.74, 6) is 0.665. The molecular formula is C24H28F6N4O4. The van der Waals surface area contributed by atoms with Gasteiger partial charge < -0.3 is 24.6 Å². The van der Waals surface area contributed by atoms with Gasteiger partial charge >= 0.3 is 24.5 Å². The number of ether oxygens (including phenoxy) is 1. The number of carbonyl (C=O) groups is 2. The number of rotatable bonds is 7. The number of nitrogens with one attached hydrogen (secondary N) is 1. The molecule has 8 nitrogen and oxygen atoms in total. The number of halogens is 6. The van der Waals surface area contributed by atoms with E-state index in [1.54, 1.807) is 24.0 Å². The van der Waals surface area contributed by atoms with E-state index in [1.165, 1.54) is 4.90 Å². The molecule has 2 aromatic rings. The number of alkyl halides is 6. The summed E-state index contributed by atoms with van der Waals surface area (Å²) in [7, 11) is 1.78. The van der Waals surface area contributed by atoms with Crippen LogP contribution in [0.2, 0.25) is 0 Å². The van der Waals surface area contributed by atoms with Crippen molar-refractivity contribution >= 4 is 12.2 Å². The van der Waals surface area contributed by atoms with Crippen molar-refractivity contribution in [1.29, 1.82) is 0 Å². The SMILES string of the molecule is CCC1CC(NC(=O)OCCc2cc(C(F)(F)F)cc(C(F)(F)F)c2)CC(Cc2nccn2C)N1C(=O)O. The van der Waals surface area contributed by atoms with Gasteiger partial charge in [-0.1, -0.05) is 6.92 Å². The van der Waals surface area contributed by atoms with Crippen molar-refractivity contribution in [3.63, 3.8) is 0 Å². The minimum Gasteiger partial charge on any atom is -0.465 e. The summed E-state index contributed by atoms with van der Waals surface area (Å²) in [5, 5.41) is 12.4. The van der Waals surface area contributed by atoms with Gasteiger partial charge in [0.2, 0.25) is 0 Å². The number of imidazole rings is 1. The van der Waals surface area contributed by atoms with Crippen molar-refractivity contribution in [3.05, 3.63) is 53.1 Å². The van der Waals surface area contributed by atoms with E-state index in [4.69, 9.17) is 4.74 Å². The Hall–Kier alpha value is -3.45. The Morgan fingerprint density at radius 2 is 1.68 bits per heavy atom. The molecular weight excluding hydrogens is 522 g/mol. The zero-order valence-corrected chi connectivity index (χ0v) is 20.6. The van der Waals surface area contributed by atoms with Gasteiger partial charge in [-0.15, -0.1) is 0 Å². The smallest absolute Gasteiger partial charge is 0.416 e. The van der Waals surface area contributed by atoms with Crippen LogP contribution in [-0.2, 0) is 37.0 Å². The van der Waals surface area contributed by atoms with Gasteiger partial charge in [-0.05, 0) is 43.0 Å². The second kappa shape index (κ2) is 11.5. The molecule has 0 aliphatic carbocycles. The molecule has 14 heteroatoms. The van der Waals surface area contributed by atoms with E-state index < -0.39 is 54.4 Å². The van der Waals surface area contributed by atoms with E-state index in [-0.39, 0.29) is 30.5 Å². The van der Waals surface area contributed by atoms with E-state index in [0.29, 0.717) is 37.2 Å². The van der Waals surface area contributed by atoms with E-state index in [1.807, 2.05) is 6.92 Å². The number of benzene rings is 1. The lowest BCUT2D eigenvalue weighted by Crippen LogP contribution is -2.57. The van der Waals surface area contributed by atoms with Crippen molar-refractivity contribution in [1.82, 2.24) is 19.8 Å². The summed E-state index contributed by atoms with van der Waals surface area (Å²) in [6, 6.07) is -0.116. The first-order valence-corrected chi connectivity index (χ1v) is 11.9. The Kier molecular flexibility index (Phi) is 8.82. The number of carbonyl (C=O) groups excluding carboxylic acids is 1. The first-order valence-electron chi connectivity index (χ1n) is 11.9. The van der Waals surface area contributed by atoms with Crippen molar-refractivity contribution in [2.45, 2.75) is 69.5 Å².